The van der Waals surface area contributed by atoms with Crippen molar-refractivity contribution in [2.75, 3.05) is 5.32 Å². The Morgan fingerprint density at radius 2 is 2.00 bits per heavy atom. The molecule has 3 rings (SSSR count). The number of nitrogens with one attached hydrogen (secondary N) is 1. The molecular formula is C15H15ClN6O. The number of carbonyl (C=O) groups excluding carboxylic acids is 1. The van der Waals surface area contributed by atoms with E-state index in [1.807, 2.05) is 31.2 Å². The van der Waals surface area contributed by atoms with Gasteiger partial charge in [0.1, 0.15) is 6.33 Å². The van der Waals surface area contributed by atoms with Crippen LogP contribution in [0.25, 0.3) is 0 Å². The van der Waals surface area contributed by atoms with Gasteiger partial charge in [-0.2, -0.15) is 5.10 Å². The molecular weight excluding hydrogens is 316 g/mol. The number of nitrogens with zero attached hydrogens (tertiary/aromatic N) is 5. The smallest absolute Gasteiger partial charge is 0.280 e. The maximum atomic E-state index is 12.1. The second-order valence-electron chi connectivity index (χ2n) is 5.20. The SMILES string of the molecule is Cc1ccc(Cn2cnc(NC(=O)c3nn(C)cc3Cl)n2)cc1. The van der Waals surface area contributed by atoms with Gasteiger partial charge < -0.3 is 0 Å². The highest BCUT2D eigenvalue weighted by Gasteiger charge is 2.16. The van der Waals surface area contributed by atoms with Crippen LogP contribution in [0.4, 0.5) is 5.95 Å². The molecule has 0 radical (unpaired) electrons. The summed E-state index contributed by atoms with van der Waals surface area (Å²) in [6.07, 6.45) is 3.12. The number of hydrogen-bond acceptors (Lipinski definition) is 4. The molecule has 0 saturated carbocycles. The van der Waals surface area contributed by atoms with Crippen molar-refractivity contribution in [3.8, 4) is 0 Å². The first kappa shape index (κ1) is 15.2. The molecule has 1 N–H and O–H groups in total. The van der Waals surface area contributed by atoms with Crippen LogP contribution in [0.5, 0.6) is 0 Å². The Morgan fingerprint density at radius 1 is 1.26 bits per heavy atom. The number of anilines is 1. The van der Waals surface area contributed by atoms with Gasteiger partial charge in [-0.3, -0.25) is 14.8 Å². The summed E-state index contributed by atoms with van der Waals surface area (Å²) >= 11 is 5.94. The van der Waals surface area contributed by atoms with Crippen molar-refractivity contribution in [3.63, 3.8) is 0 Å². The van der Waals surface area contributed by atoms with Crippen LogP contribution < -0.4 is 5.32 Å². The lowest BCUT2D eigenvalue weighted by atomic mass is 10.1. The van der Waals surface area contributed by atoms with Crippen LogP contribution in [0, 0.1) is 6.92 Å². The predicted molar refractivity (Wildman–Crippen MR) is 86.5 cm³/mol. The molecule has 23 heavy (non-hydrogen) atoms. The standard InChI is InChI=1S/C15H15ClN6O/c1-10-3-5-11(6-4-10)7-22-9-17-15(20-22)18-14(23)13-12(16)8-21(2)19-13/h3-6,8-9H,7H2,1-2H3,(H,18,20,23). The van der Waals surface area contributed by atoms with Gasteiger partial charge in [0.2, 0.25) is 5.95 Å². The molecule has 0 saturated heterocycles. The van der Waals surface area contributed by atoms with Crippen LogP contribution in [0.3, 0.4) is 0 Å². The summed E-state index contributed by atoms with van der Waals surface area (Å²) in [6.45, 7) is 2.61. The maximum Gasteiger partial charge on any atom is 0.280 e. The summed E-state index contributed by atoms with van der Waals surface area (Å²) in [5.41, 5.74) is 2.45. The third-order valence-electron chi connectivity index (χ3n) is 3.23. The van der Waals surface area contributed by atoms with Gasteiger partial charge in [-0.1, -0.05) is 41.4 Å². The quantitative estimate of drug-likeness (QED) is 0.796. The molecule has 0 aliphatic heterocycles. The Balaban J connectivity index is 1.68. The average molecular weight is 331 g/mol. The number of rotatable bonds is 4. The lowest BCUT2D eigenvalue weighted by Crippen LogP contribution is -2.15. The van der Waals surface area contributed by atoms with Crippen LogP contribution >= 0.6 is 11.6 Å². The third kappa shape index (κ3) is 3.57. The van der Waals surface area contributed by atoms with Gasteiger partial charge in [-0.05, 0) is 12.5 Å². The van der Waals surface area contributed by atoms with E-state index in [0.29, 0.717) is 6.54 Å². The van der Waals surface area contributed by atoms with Crippen molar-refractivity contribution < 1.29 is 4.79 Å². The minimum absolute atomic E-state index is 0.143. The Bertz CT molecular complexity index is 836. The number of aryl methyl sites for hydroxylation is 2. The Morgan fingerprint density at radius 3 is 2.65 bits per heavy atom. The highest BCUT2D eigenvalue weighted by Crippen LogP contribution is 2.14. The van der Waals surface area contributed by atoms with E-state index in [9.17, 15) is 4.79 Å². The zero-order valence-electron chi connectivity index (χ0n) is 12.7. The summed E-state index contributed by atoms with van der Waals surface area (Å²) in [5.74, 6) is -0.229. The van der Waals surface area contributed by atoms with E-state index in [4.69, 9.17) is 11.6 Å². The lowest BCUT2D eigenvalue weighted by molar-refractivity contribution is 0.102. The molecule has 0 aliphatic carbocycles. The van der Waals surface area contributed by atoms with E-state index >= 15 is 0 Å². The molecule has 0 spiro atoms. The van der Waals surface area contributed by atoms with Gasteiger partial charge >= 0.3 is 0 Å². The second-order valence-corrected chi connectivity index (χ2v) is 5.61. The highest BCUT2D eigenvalue weighted by molar-refractivity contribution is 6.34. The predicted octanol–water partition coefficient (Wildman–Crippen LogP) is 2.27. The normalized spacial score (nSPS) is 10.7. The summed E-state index contributed by atoms with van der Waals surface area (Å²) in [7, 11) is 1.69. The zero-order chi connectivity index (χ0) is 16.4. The van der Waals surface area contributed by atoms with Crippen molar-refractivity contribution in [2.45, 2.75) is 13.5 Å². The van der Waals surface area contributed by atoms with E-state index in [-0.39, 0.29) is 16.7 Å². The van der Waals surface area contributed by atoms with E-state index in [1.165, 1.54) is 10.2 Å². The van der Waals surface area contributed by atoms with Crippen LogP contribution in [0.2, 0.25) is 5.02 Å². The van der Waals surface area contributed by atoms with Crippen LogP contribution in [-0.4, -0.2) is 30.5 Å². The van der Waals surface area contributed by atoms with Gasteiger partial charge in [0.25, 0.3) is 5.91 Å². The second kappa shape index (κ2) is 6.21. The first-order valence-corrected chi connectivity index (χ1v) is 7.34. The number of benzene rings is 1. The zero-order valence-corrected chi connectivity index (χ0v) is 13.4. The topological polar surface area (TPSA) is 77.6 Å². The summed E-state index contributed by atoms with van der Waals surface area (Å²) in [5, 5.41) is 11.1. The van der Waals surface area contributed by atoms with Crippen LogP contribution in [-0.2, 0) is 13.6 Å². The molecule has 1 amide bonds. The minimum atomic E-state index is -0.441. The number of carbonyl (C=O) groups is 1. The number of hydrogen-bond donors (Lipinski definition) is 1. The molecule has 3 aromatic rings. The van der Waals surface area contributed by atoms with Gasteiger partial charge in [-0.25, -0.2) is 9.67 Å². The first-order valence-electron chi connectivity index (χ1n) is 6.97. The molecule has 118 valence electrons. The van der Waals surface area contributed by atoms with Gasteiger partial charge in [0, 0.05) is 13.2 Å². The number of amides is 1. The van der Waals surface area contributed by atoms with Crippen molar-refractivity contribution in [3.05, 3.63) is 58.6 Å². The molecule has 2 aromatic heterocycles. The third-order valence-corrected chi connectivity index (χ3v) is 3.50. The molecule has 0 fully saturated rings. The van der Waals surface area contributed by atoms with Gasteiger partial charge in [0.15, 0.2) is 5.69 Å². The molecule has 2 heterocycles. The van der Waals surface area contributed by atoms with Crippen LogP contribution in [0.15, 0.2) is 36.8 Å². The fraction of sp³-hybridized carbons (Fsp3) is 0.200. The highest BCUT2D eigenvalue weighted by atomic mass is 35.5. The molecule has 7 nitrogen and oxygen atoms in total. The monoisotopic (exact) mass is 330 g/mol. The van der Waals surface area contributed by atoms with Crippen molar-refractivity contribution in [1.82, 2.24) is 24.5 Å². The summed E-state index contributed by atoms with van der Waals surface area (Å²) in [6, 6.07) is 8.14. The fourth-order valence-electron chi connectivity index (χ4n) is 2.08. The Labute approximate surface area is 137 Å². The largest absolute Gasteiger partial charge is 0.288 e. The van der Waals surface area contributed by atoms with Gasteiger partial charge in [0.05, 0.1) is 11.6 Å². The Kier molecular flexibility index (Phi) is 4.12. The summed E-state index contributed by atoms with van der Waals surface area (Å²) < 4.78 is 3.13. The molecule has 0 aliphatic rings. The minimum Gasteiger partial charge on any atom is -0.288 e. The van der Waals surface area contributed by atoms with E-state index < -0.39 is 5.91 Å². The van der Waals surface area contributed by atoms with E-state index in [2.05, 4.69) is 20.5 Å². The van der Waals surface area contributed by atoms with E-state index in [1.54, 1.807) is 24.3 Å². The summed E-state index contributed by atoms with van der Waals surface area (Å²) in [4.78, 5) is 16.2. The lowest BCUT2D eigenvalue weighted by Gasteiger charge is -2.01. The fourth-order valence-corrected chi connectivity index (χ4v) is 2.35. The molecule has 0 atom stereocenters. The van der Waals surface area contributed by atoms with E-state index in [0.717, 1.165) is 5.56 Å². The molecule has 8 heteroatoms. The van der Waals surface area contributed by atoms with Crippen molar-refractivity contribution in [1.29, 1.82) is 0 Å². The number of aromatic nitrogens is 5. The maximum absolute atomic E-state index is 12.1. The van der Waals surface area contributed by atoms with Crippen molar-refractivity contribution in [2.24, 2.45) is 7.05 Å². The van der Waals surface area contributed by atoms with Crippen molar-refractivity contribution >= 4 is 23.5 Å². The van der Waals surface area contributed by atoms with Gasteiger partial charge in [-0.15, -0.1) is 5.10 Å². The average Bonchev–Trinajstić information content (AvgIpc) is 3.07. The number of halogens is 1. The molecule has 1 aromatic carbocycles. The molecule has 0 unspecified atom stereocenters. The van der Waals surface area contributed by atoms with Crippen LogP contribution in [0.1, 0.15) is 21.6 Å². The first-order chi connectivity index (χ1) is 11.0. The Hall–Kier alpha value is -2.67. The molecule has 0 bridgehead atoms.